The third-order valence-electron chi connectivity index (χ3n) is 18.1. The maximum absolute atomic E-state index is 13.0. The van der Waals surface area contributed by atoms with Gasteiger partial charge < -0.3 is 28.5 Å². The van der Waals surface area contributed by atoms with Crippen LogP contribution in [0.15, 0.2) is 85.1 Å². The molecule has 0 spiro atoms. The Balaban J connectivity index is 3.96. The molecule has 0 aliphatic rings. The number of carboxylic acid groups (broad SMARTS) is 1. The molecule has 0 saturated carbocycles. The third-order valence-corrected chi connectivity index (χ3v) is 18.1. The van der Waals surface area contributed by atoms with E-state index in [0.717, 1.165) is 77.0 Å². The van der Waals surface area contributed by atoms with Crippen molar-refractivity contribution < 1.29 is 42.9 Å². The Morgan fingerprint density at radius 3 is 0.895 bits per heavy atom. The third kappa shape index (κ3) is 77.7. The van der Waals surface area contributed by atoms with Crippen LogP contribution in [0.1, 0.15) is 386 Å². The highest BCUT2D eigenvalue weighted by Crippen LogP contribution is 2.19. The number of carbonyl (C=O) groups excluding carboxylic acids is 2. The molecule has 0 aromatic rings. The molecule has 0 aliphatic heterocycles. The number of likely N-dealkylation sites (N-methyl/N-ethyl adjacent to an activating group) is 1. The molecule has 0 aliphatic carbocycles. The molecule has 0 radical (unpaired) electrons. The van der Waals surface area contributed by atoms with Crippen molar-refractivity contribution >= 4 is 17.9 Å². The molecule has 2 atom stereocenters. The second kappa shape index (κ2) is 76.2. The SMILES string of the molecule is CC/C=C\C/C=C\C/C=C\C/C=C\CCCCCCCCCCCCCCCCCCCCC(=O)OC(COC(=O)CCCCCCCCCCCCCCCCCCCCCCCCCC/C=C\C/C=C\C/C=C\CCCCCCC)COC(OCC[N+](C)(C)C)C(=O)O. The van der Waals surface area contributed by atoms with E-state index >= 15 is 0 Å². The first-order chi connectivity index (χ1) is 46.6. The molecule has 0 aromatic heterocycles. The number of ether oxygens (including phenoxy) is 4. The van der Waals surface area contributed by atoms with Crippen LogP contribution in [0.4, 0.5) is 0 Å². The average molecular weight is 1330 g/mol. The zero-order valence-electron chi connectivity index (χ0n) is 63.3. The van der Waals surface area contributed by atoms with Crippen molar-refractivity contribution in [3.8, 4) is 0 Å². The maximum Gasteiger partial charge on any atom is 0.361 e. The van der Waals surface area contributed by atoms with E-state index in [1.54, 1.807) is 0 Å². The predicted molar refractivity (Wildman–Crippen MR) is 410 cm³/mol. The number of hydrogen-bond donors (Lipinski definition) is 1. The van der Waals surface area contributed by atoms with Gasteiger partial charge in [0.2, 0.25) is 0 Å². The van der Waals surface area contributed by atoms with Crippen LogP contribution < -0.4 is 0 Å². The lowest BCUT2D eigenvalue weighted by Crippen LogP contribution is -2.40. The molecule has 2 unspecified atom stereocenters. The fourth-order valence-corrected chi connectivity index (χ4v) is 12.0. The van der Waals surface area contributed by atoms with Gasteiger partial charge in [-0.1, -0.05) is 369 Å². The standard InChI is InChI=1S/C86H155NO8/c1-6-8-10-12-14-16-18-20-22-24-26-28-30-32-34-36-38-39-40-41-42-43-44-45-47-48-50-52-54-56-58-60-62-64-66-68-70-72-74-76-83(88)93-80-82(81-94-86(85(90)91)92-79-78-87(3,4)5)95-84(89)77-75-73-71-69-67-65-63-61-59-57-55-53-51-49-46-37-35-33-31-29-27-25-23-21-19-17-15-13-11-9-7-2/h9,11,15,17-18,20-21,23-24,26-27,29-30,32,82,86H,6-8,10,12-14,16,19,22,25,28,31,33-81H2,1-5H3/p+1/b11-9-,17-15-,20-18-,23-21-,26-24-,29-27-,32-30-. The summed E-state index contributed by atoms with van der Waals surface area (Å²) >= 11 is 0. The number of unbranched alkanes of at least 4 members (excludes halogenated alkanes) is 47. The number of aliphatic carboxylic acids is 1. The number of allylic oxidation sites excluding steroid dienone is 14. The van der Waals surface area contributed by atoms with E-state index in [1.807, 2.05) is 21.1 Å². The van der Waals surface area contributed by atoms with Crippen molar-refractivity contribution in [3.63, 3.8) is 0 Å². The first-order valence-electron chi connectivity index (χ1n) is 40.8. The van der Waals surface area contributed by atoms with Crippen LogP contribution >= 0.6 is 0 Å². The highest BCUT2D eigenvalue weighted by molar-refractivity contribution is 5.71. The lowest BCUT2D eigenvalue weighted by Gasteiger charge is -2.25. The summed E-state index contributed by atoms with van der Waals surface area (Å²) in [5.74, 6) is -1.98. The second-order valence-electron chi connectivity index (χ2n) is 28.7. The summed E-state index contributed by atoms with van der Waals surface area (Å²) in [5.41, 5.74) is 0. The van der Waals surface area contributed by atoms with Gasteiger partial charge in [0.25, 0.3) is 6.29 Å². The van der Waals surface area contributed by atoms with E-state index in [2.05, 4.69) is 98.9 Å². The summed E-state index contributed by atoms with van der Waals surface area (Å²) in [7, 11) is 5.99. The quantitative estimate of drug-likeness (QED) is 0.0211. The minimum absolute atomic E-state index is 0.179. The smallest absolute Gasteiger partial charge is 0.361 e. The lowest BCUT2D eigenvalue weighted by molar-refractivity contribution is -0.870. The summed E-state index contributed by atoms with van der Waals surface area (Å²) in [6, 6.07) is 0. The molecule has 552 valence electrons. The van der Waals surface area contributed by atoms with Crippen LogP contribution in [0.2, 0.25) is 0 Å². The van der Waals surface area contributed by atoms with Crippen LogP contribution in [0, 0.1) is 0 Å². The van der Waals surface area contributed by atoms with Gasteiger partial charge in [-0.2, -0.15) is 0 Å². The van der Waals surface area contributed by atoms with E-state index < -0.39 is 18.4 Å². The van der Waals surface area contributed by atoms with Crippen molar-refractivity contribution in [3.05, 3.63) is 85.1 Å². The van der Waals surface area contributed by atoms with Gasteiger partial charge >= 0.3 is 17.9 Å². The van der Waals surface area contributed by atoms with Gasteiger partial charge in [0.1, 0.15) is 13.2 Å². The van der Waals surface area contributed by atoms with E-state index in [9.17, 15) is 19.5 Å². The zero-order chi connectivity index (χ0) is 69.0. The van der Waals surface area contributed by atoms with E-state index in [1.165, 1.54) is 283 Å². The predicted octanol–water partition coefficient (Wildman–Crippen LogP) is 26.2. The molecule has 0 aromatic carbocycles. The van der Waals surface area contributed by atoms with Crippen LogP contribution in [0.25, 0.3) is 0 Å². The summed E-state index contributed by atoms with van der Waals surface area (Å²) in [6.07, 6.45) is 102. The summed E-state index contributed by atoms with van der Waals surface area (Å²) < 4.78 is 23.1. The van der Waals surface area contributed by atoms with Crippen LogP contribution in [0.3, 0.4) is 0 Å². The normalized spacial score (nSPS) is 13.1. The topological polar surface area (TPSA) is 108 Å². The van der Waals surface area contributed by atoms with Crippen molar-refractivity contribution in [1.82, 2.24) is 0 Å². The second-order valence-corrected chi connectivity index (χ2v) is 28.7. The number of nitrogens with zero attached hydrogens (tertiary/aromatic N) is 1. The molecular weight excluding hydrogens is 1170 g/mol. The Bertz CT molecular complexity index is 1840. The Labute approximate surface area is 589 Å². The summed E-state index contributed by atoms with van der Waals surface area (Å²) in [5, 5.41) is 9.78. The maximum atomic E-state index is 13.0. The molecule has 0 bridgehead atoms. The first kappa shape index (κ1) is 91.5. The molecule has 9 nitrogen and oxygen atoms in total. The van der Waals surface area contributed by atoms with Gasteiger partial charge in [-0.25, -0.2) is 4.79 Å². The lowest BCUT2D eigenvalue weighted by atomic mass is 10.0. The molecular formula is C86H156NO8+. The fraction of sp³-hybridized carbons (Fsp3) is 0.802. The molecule has 0 rings (SSSR count). The van der Waals surface area contributed by atoms with Crippen molar-refractivity contribution in [2.45, 2.75) is 399 Å². The number of rotatable bonds is 76. The van der Waals surface area contributed by atoms with Gasteiger partial charge in [0.15, 0.2) is 6.10 Å². The van der Waals surface area contributed by atoms with Crippen LogP contribution in [-0.2, 0) is 33.3 Å². The fourth-order valence-electron chi connectivity index (χ4n) is 12.0. The Morgan fingerprint density at radius 1 is 0.326 bits per heavy atom. The molecule has 0 heterocycles. The van der Waals surface area contributed by atoms with Gasteiger partial charge in [-0.05, 0) is 89.9 Å². The average Bonchev–Trinajstić information content (AvgIpc) is 3.24. The minimum Gasteiger partial charge on any atom is -0.477 e. The first-order valence-corrected chi connectivity index (χ1v) is 40.8. The highest BCUT2D eigenvalue weighted by atomic mass is 16.7. The largest absolute Gasteiger partial charge is 0.477 e. The molecule has 95 heavy (non-hydrogen) atoms. The van der Waals surface area contributed by atoms with Gasteiger partial charge in [0, 0.05) is 12.8 Å². The molecule has 9 heteroatoms. The van der Waals surface area contributed by atoms with Crippen LogP contribution in [0.5, 0.6) is 0 Å². The van der Waals surface area contributed by atoms with Crippen LogP contribution in [-0.4, -0.2) is 87.4 Å². The van der Waals surface area contributed by atoms with E-state index in [4.69, 9.17) is 18.9 Å². The summed E-state index contributed by atoms with van der Waals surface area (Å²) in [4.78, 5) is 37.8. The Morgan fingerprint density at radius 2 is 0.600 bits per heavy atom. The van der Waals surface area contributed by atoms with Crippen molar-refractivity contribution in [1.29, 1.82) is 0 Å². The van der Waals surface area contributed by atoms with Gasteiger partial charge in [-0.15, -0.1) is 0 Å². The minimum atomic E-state index is -1.51. The van der Waals surface area contributed by atoms with Crippen molar-refractivity contribution in [2.75, 3.05) is 47.5 Å². The number of esters is 2. The Hall–Kier alpha value is -3.53. The number of hydrogen-bond acceptors (Lipinski definition) is 7. The summed E-state index contributed by atoms with van der Waals surface area (Å²) in [6.45, 7) is 4.81. The number of carboxylic acids is 1. The molecule has 1 N–H and O–H groups in total. The molecule has 0 saturated heterocycles. The molecule has 0 fully saturated rings. The highest BCUT2D eigenvalue weighted by Gasteiger charge is 2.25. The Kier molecular flexibility index (Phi) is 73.4. The number of carbonyl (C=O) groups is 3. The van der Waals surface area contributed by atoms with Crippen molar-refractivity contribution in [2.24, 2.45) is 0 Å². The number of quaternary nitrogens is 1. The van der Waals surface area contributed by atoms with Gasteiger partial charge in [-0.3, -0.25) is 9.59 Å². The molecule has 0 amide bonds. The zero-order valence-corrected chi connectivity index (χ0v) is 63.3. The van der Waals surface area contributed by atoms with E-state index in [-0.39, 0.29) is 38.2 Å². The monoisotopic (exact) mass is 1330 g/mol. The van der Waals surface area contributed by atoms with E-state index in [0.29, 0.717) is 17.4 Å². The van der Waals surface area contributed by atoms with Gasteiger partial charge in [0.05, 0.1) is 34.4 Å².